The second-order valence-electron chi connectivity index (χ2n) is 6.22. The zero-order chi connectivity index (χ0) is 15.5. The molecule has 2 N–H and O–H groups in total. The zero-order valence-electron chi connectivity index (χ0n) is 13.1. The van der Waals surface area contributed by atoms with Gasteiger partial charge in [0.15, 0.2) is 0 Å². The predicted octanol–water partition coefficient (Wildman–Crippen LogP) is 1.76. The highest BCUT2D eigenvalue weighted by Crippen LogP contribution is 2.19. The number of carbonyl (C=O) groups excluding carboxylic acids is 1. The Hall–Kier alpha value is -2.14. The Morgan fingerprint density at radius 2 is 2.14 bits per heavy atom. The standard InChI is InChI=1S/C17H22N4O/c1-21(2)11-12-3-5-13(6-4-12)17(22)19-15-8-7-14-10-18-20-16(14)9-15/h3-6,10,15H,7-9,11H2,1-2H3,(H,18,20)(H,19,22)/t15-/m1/s1. The summed E-state index contributed by atoms with van der Waals surface area (Å²) in [4.78, 5) is 14.5. The van der Waals surface area contributed by atoms with E-state index >= 15 is 0 Å². The number of H-pyrrole nitrogens is 1. The summed E-state index contributed by atoms with van der Waals surface area (Å²) in [6.45, 7) is 0.882. The van der Waals surface area contributed by atoms with E-state index in [1.165, 1.54) is 11.1 Å². The maximum Gasteiger partial charge on any atom is 0.251 e. The first-order valence-corrected chi connectivity index (χ1v) is 7.67. The van der Waals surface area contributed by atoms with Crippen molar-refractivity contribution in [2.75, 3.05) is 14.1 Å². The molecule has 1 aliphatic carbocycles. The van der Waals surface area contributed by atoms with Crippen LogP contribution in [-0.4, -0.2) is 41.1 Å². The molecule has 2 aromatic rings. The molecular weight excluding hydrogens is 276 g/mol. The molecule has 0 bridgehead atoms. The minimum atomic E-state index is 0.00404. The van der Waals surface area contributed by atoms with Gasteiger partial charge in [0.05, 0.1) is 6.20 Å². The van der Waals surface area contributed by atoms with Crippen molar-refractivity contribution in [3.05, 3.63) is 52.8 Å². The number of fused-ring (bicyclic) bond motifs is 1. The van der Waals surface area contributed by atoms with Gasteiger partial charge in [0, 0.05) is 30.3 Å². The Morgan fingerprint density at radius 1 is 1.36 bits per heavy atom. The molecule has 1 amide bonds. The van der Waals surface area contributed by atoms with E-state index in [-0.39, 0.29) is 11.9 Å². The molecule has 0 fully saturated rings. The molecule has 0 saturated carbocycles. The minimum absolute atomic E-state index is 0.00404. The number of nitrogens with zero attached hydrogens (tertiary/aromatic N) is 2. The number of aryl methyl sites for hydroxylation is 1. The molecule has 1 aliphatic rings. The Bertz CT molecular complexity index is 645. The lowest BCUT2D eigenvalue weighted by molar-refractivity contribution is 0.0933. The van der Waals surface area contributed by atoms with Gasteiger partial charge in [-0.25, -0.2) is 0 Å². The zero-order valence-corrected chi connectivity index (χ0v) is 13.1. The second kappa shape index (κ2) is 6.32. The third-order valence-corrected chi connectivity index (χ3v) is 4.07. The third-order valence-electron chi connectivity index (χ3n) is 4.07. The second-order valence-corrected chi connectivity index (χ2v) is 6.22. The molecule has 0 unspecified atom stereocenters. The van der Waals surface area contributed by atoms with E-state index in [1.54, 1.807) is 0 Å². The molecule has 0 saturated heterocycles. The molecule has 1 atom stereocenters. The fraction of sp³-hybridized carbons (Fsp3) is 0.412. The molecule has 1 aromatic carbocycles. The number of aromatic nitrogens is 2. The lowest BCUT2D eigenvalue weighted by Gasteiger charge is -2.22. The Balaban J connectivity index is 1.60. The van der Waals surface area contributed by atoms with Gasteiger partial charge in [-0.1, -0.05) is 12.1 Å². The highest BCUT2D eigenvalue weighted by atomic mass is 16.1. The smallest absolute Gasteiger partial charge is 0.251 e. The molecule has 116 valence electrons. The van der Waals surface area contributed by atoms with Crippen molar-refractivity contribution in [2.24, 2.45) is 0 Å². The van der Waals surface area contributed by atoms with Gasteiger partial charge in [-0.05, 0) is 50.2 Å². The van der Waals surface area contributed by atoms with Gasteiger partial charge in [-0.3, -0.25) is 9.89 Å². The first-order chi connectivity index (χ1) is 10.6. The summed E-state index contributed by atoms with van der Waals surface area (Å²) in [7, 11) is 4.07. The van der Waals surface area contributed by atoms with Crippen molar-refractivity contribution in [1.29, 1.82) is 0 Å². The number of carbonyl (C=O) groups is 1. The van der Waals surface area contributed by atoms with Crippen molar-refractivity contribution in [3.8, 4) is 0 Å². The molecule has 3 rings (SSSR count). The fourth-order valence-corrected chi connectivity index (χ4v) is 2.93. The molecule has 1 aromatic heterocycles. The average molecular weight is 298 g/mol. The topological polar surface area (TPSA) is 61.0 Å². The van der Waals surface area contributed by atoms with Gasteiger partial charge in [0.25, 0.3) is 5.91 Å². The quantitative estimate of drug-likeness (QED) is 0.904. The van der Waals surface area contributed by atoms with Crippen molar-refractivity contribution < 1.29 is 4.79 Å². The summed E-state index contributed by atoms with van der Waals surface area (Å²) in [6.07, 6.45) is 4.66. The molecular formula is C17H22N4O. The number of nitrogens with one attached hydrogen (secondary N) is 2. The summed E-state index contributed by atoms with van der Waals surface area (Å²) in [5, 5.41) is 10.2. The van der Waals surface area contributed by atoms with Gasteiger partial charge in [0.2, 0.25) is 0 Å². The number of amides is 1. The van der Waals surface area contributed by atoms with E-state index in [9.17, 15) is 4.79 Å². The van der Waals surface area contributed by atoms with Gasteiger partial charge in [-0.2, -0.15) is 5.10 Å². The number of hydrogen-bond donors (Lipinski definition) is 2. The Kier molecular flexibility index (Phi) is 4.24. The van der Waals surface area contributed by atoms with Crippen LogP contribution < -0.4 is 5.32 Å². The maximum absolute atomic E-state index is 12.3. The third kappa shape index (κ3) is 3.36. The van der Waals surface area contributed by atoms with Crippen LogP contribution in [0.4, 0.5) is 0 Å². The highest BCUT2D eigenvalue weighted by molar-refractivity contribution is 5.94. The summed E-state index contributed by atoms with van der Waals surface area (Å²) >= 11 is 0. The van der Waals surface area contributed by atoms with Crippen LogP contribution >= 0.6 is 0 Å². The van der Waals surface area contributed by atoms with E-state index in [0.29, 0.717) is 0 Å². The molecule has 0 radical (unpaired) electrons. The first-order valence-electron chi connectivity index (χ1n) is 7.67. The monoisotopic (exact) mass is 298 g/mol. The van der Waals surface area contributed by atoms with Crippen LogP contribution in [0, 0.1) is 0 Å². The van der Waals surface area contributed by atoms with Crippen LogP contribution in [-0.2, 0) is 19.4 Å². The Morgan fingerprint density at radius 3 is 2.86 bits per heavy atom. The van der Waals surface area contributed by atoms with Crippen LogP contribution in [0.3, 0.4) is 0 Å². The number of rotatable bonds is 4. The Labute approximate surface area is 130 Å². The molecule has 0 aliphatic heterocycles. The number of aromatic amines is 1. The number of hydrogen-bond acceptors (Lipinski definition) is 3. The maximum atomic E-state index is 12.3. The summed E-state index contributed by atoms with van der Waals surface area (Å²) in [5.74, 6) is 0.00404. The van der Waals surface area contributed by atoms with E-state index in [0.717, 1.165) is 37.1 Å². The first kappa shape index (κ1) is 14.8. The summed E-state index contributed by atoms with van der Waals surface area (Å²) in [5.41, 5.74) is 4.36. The van der Waals surface area contributed by atoms with Crippen LogP contribution in [0.25, 0.3) is 0 Å². The van der Waals surface area contributed by atoms with Crippen LogP contribution in [0.1, 0.15) is 33.6 Å². The minimum Gasteiger partial charge on any atom is -0.349 e. The van der Waals surface area contributed by atoms with Crippen molar-refractivity contribution in [1.82, 2.24) is 20.4 Å². The van der Waals surface area contributed by atoms with E-state index in [4.69, 9.17) is 0 Å². The van der Waals surface area contributed by atoms with E-state index in [2.05, 4.69) is 20.4 Å². The van der Waals surface area contributed by atoms with Gasteiger partial charge in [0.1, 0.15) is 0 Å². The largest absolute Gasteiger partial charge is 0.349 e. The molecule has 1 heterocycles. The lowest BCUT2D eigenvalue weighted by Crippen LogP contribution is -2.38. The highest BCUT2D eigenvalue weighted by Gasteiger charge is 2.21. The van der Waals surface area contributed by atoms with Gasteiger partial charge in [-0.15, -0.1) is 0 Å². The van der Waals surface area contributed by atoms with E-state index in [1.807, 2.05) is 44.6 Å². The SMILES string of the molecule is CN(C)Cc1ccc(C(=O)N[C@@H]2CCc3cn[nH]c3C2)cc1. The van der Waals surface area contributed by atoms with Crippen molar-refractivity contribution in [2.45, 2.75) is 31.8 Å². The molecule has 22 heavy (non-hydrogen) atoms. The summed E-state index contributed by atoms with van der Waals surface area (Å²) in [6, 6.07) is 8.02. The lowest BCUT2D eigenvalue weighted by atomic mass is 9.93. The van der Waals surface area contributed by atoms with Crippen LogP contribution in [0.5, 0.6) is 0 Å². The van der Waals surface area contributed by atoms with Gasteiger partial charge >= 0.3 is 0 Å². The van der Waals surface area contributed by atoms with Gasteiger partial charge < -0.3 is 10.2 Å². The summed E-state index contributed by atoms with van der Waals surface area (Å²) < 4.78 is 0. The molecule has 5 nitrogen and oxygen atoms in total. The predicted molar refractivity (Wildman–Crippen MR) is 85.7 cm³/mol. The number of benzene rings is 1. The normalized spacial score (nSPS) is 17.3. The molecule has 5 heteroatoms. The van der Waals surface area contributed by atoms with Crippen LogP contribution in [0.2, 0.25) is 0 Å². The van der Waals surface area contributed by atoms with Crippen molar-refractivity contribution >= 4 is 5.91 Å². The van der Waals surface area contributed by atoms with Crippen molar-refractivity contribution in [3.63, 3.8) is 0 Å². The fourth-order valence-electron chi connectivity index (χ4n) is 2.93. The molecule has 0 spiro atoms. The van der Waals surface area contributed by atoms with E-state index < -0.39 is 0 Å². The van der Waals surface area contributed by atoms with Crippen LogP contribution in [0.15, 0.2) is 30.5 Å². The average Bonchev–Trinajstić information content (AvgIpc) is 2.95.